The normalized spacial score (nSPS) is 11.9. The lowest BCUT2D eigenvalue weighted by atomic mass is 10.3. The molecule has 0 atom stereocenters. The van der Waals surface area contributed by atoms with Crippen LogP contribution in [0.1, 0.15) is 13.8 Å². The van der Waals surface area contributed by atoms with Crippen molar-refractivity contribution in [2.45, 2.75) is 19.9 Å². The molecule has 0 fully saturated rings. The largest absolute Gasteiger partial charge is 0.299 e. The van der Waals surface area contributed by atoms with E-state index in [-0.39, 0.29) is 10.5 Å². The van der Waals surface area contributed by atoms with E-state index >= 15 is 0 Å². The minimum absolute atomic E-state index is 0.187. The third-order valence-corrected chi connectivity index (χ3v) is 3.35. The Morgan fingerprint density at radius 2 is 1.71 bits per heavy atom. The summed E-state index contributed by atoms with van der Waals surface area (Å²) in [5, 5.41) is 0. The Kier molecular flexibility index (Phi) is 4.45. The van der Waals surface area contributed by atoms with Gasteiger partial charge in [0.15, 0.2) is 11.6 Å². The summed E-state index contributed by atoms with van der Waals surface area (Å²) in [6.45, 7) is 3.18. The van der Waals surface area contributed by atoms with Gasteiger partial charge in [0.1, 0.15) is 5.69 Å². The van der Waals surface area contributed by atoms with Crippen molar-refractivity contribution in [3.05, 3.63) is 28.2 Å². The second-order valence-electron chi connectivity index (χ2n) is 3.62. The van der Waals surface area contributed by atoms with E-state index in [1.807, 2.05) is 0 Å². The maximum atomic E-state index is 13.4. The fourth-order valence-electron chi connectivity index (χ4n) is 1.11. The Morgan fingerprint density at radius 1 is 1.24 bits per heavy atom. The molecule has 8 heteroatoms. The standard InChI is InChI=1S/C9H11BrF2N2O2S/c1-5(2)13-17(15,16)14-9-7(11)3-6(10)4-8(9)12/h3-5,13-14H,1-2H3. The predicted octanol–water partition coefficient (Wildman–Crippen LogP) is 2.38. The number of hydrogen-bond donors (Lipinski definition) is 2. The van der Waals surface area contributed by atoms with Crippen molar-refractivity contribution in [3.8, 4) is 0 Å². The average molecular weight is 329 g/mol. The lowest BCUT2D eigenvalue weighted by Gasteiger charge is -2.12. The highest BCUT2D eigenvalue weighted by Crippen LogP contribution is 2.24. The van der Waals surface area contributed by atoms with E-state index in [0.717, 1.165) is 12.1 Å². The van der Waals surface area contributed by atoms with Crippen molar-refractivity contribution in [2.75, 3.05) is 4.72 Å². The molecule has 0 amide bonds. The van der Waals surface area contributed by atoms with Crippen LogP contribution in [-0.4, -0.2) is 14.5 Å². The SMILES string of the molecule is CC(C)NS(=O)(=O)Nc1c(F)cc(Br)cc1F. The number of halogens is 3. The molecule has 4 nitrogen and oxygen atoms in total. The van der Waals surface area contributed by atoms with Crippen LogP contribution in [0.25, 0.3) is 0 Å². The smallest absolute Gasteiger partial charge is 0.265 e. The molecule has 0 aliphatic heterocycles. The number of nitrogens with one attached hydrogen (secondary N) is 2. The Bertz CT molecular complexity index is 497. The van der Waals surface area contributed by atoms with Crippen molar-refractivity contribution in [1.82, 2.24) is 4.72 Å². The van der Waals surface area contributed by atoms with E-state index in [9.17, 15) is 17.2 Å². The summed E-state index contributed by atoms with van der Waals surface area (Å²) in [4.78, 5) is 0. The molecular formula is C9H11BrF2N2O2S. The number of rotatable bonds is 4. The van der Waals surface area contributed by atoms with Gasteiger partial charge < -0.3 is 0 Å². The van der Waals surface area contributed by atoms with Crippen LogP contribution < -0.4 is 9.44 Å². The van der Waals surface area contributed by atoms with Crippen LogP contribution in [0.3, 0.4) is 0 Å². The van der Waals surface area contributed by atoms with Crippen molar-refractivity contribution < 1.29 is 17.2 Å². The Balaban J connectivity index is 3.04. The van der Waals surface area contributed by atoms with Crippen LogP contribution in [-0.2, 0) is 10.2 Å². The van der Waals surface area contributed by atoms with Crippen molar-refractivity contribution >= 4 is 31.8 Å². The van der Waals surface area contributed by atoms with Gasteiger partial charge in [-0.25, -0.2) is 8.78 Å². The summed E-state index contributed by atoms with van der Waals surface area (Å²) >= 11 is 2.89. The molecule has 0 spiro atoms. The Labute approximate surface area is 107 Å². The van der Waals surface area contributed by atoms with E-state index < -0.39 is 27.5 Å². The summed E-state index contributed by atoms with van der Waals surface area (Å²) in [7, 11) is -3.99. The van der Waals surface area contributed by atoms with Crippen LogP contribution in [0, 0.1) is 11.6 Å². The minimum atomic E-state index is -3.99. The van der Waals surface area contributed by atoms with Crippen LogP contribution in [0.15, 0.2) is 16.6 Å². The molecule has 1 aromatic rings. The topological polar surface area (TPSA) is 58.2 Å². The first-order chi connectivity index (χ1) is 7.71. The fraction of sp³-hybridized carbons (Fsp3) is 0.333. The first kappa shape index (κ1) is 14.3. The highest BCUT2D eigenvalue weighted by molar-refractivity contribution is 9.10. The molecule has 0 unspecified atom stereocenters. The molecule has 0 aromatic heterocycles. The molecular weight excluding hydrogens is 318 g/mol. The van der Waals surface area contributed by atoms with Gasteiger partial charge in [-0.2, -0.15) is 13.1 Å². The number of benzene rings is 1. The Morgan fingerprint density at radius 3 is 2.12 bits per heavy atom. The van der Waals surface area contributed by atoms with Gasteiger partial charge >= 0.3 is 0 Å². The zero-order chi connectivity index (χ0) is 13.2. The summed E-state index contributed by atoms with van der Waals surface area (Å²) < 4.78 is 53.7. The van der Waals surface area contributed by atoms with Gasteiger partial charge in [0.25, 0.3) is 10.2 Å². The first-order valence-electron chi connectivity index (χ1n) is 4.66. The van der Waals surface area contributed by atoms with Crippen molar-refractivity contribution in [2.24, 2.45) is 0 Å². The molecule has 0 heterocycles. The van der Waals surface area contributed by atoms with E-state index in [1.54, 1.807) is 18.6 Å². The third-order valence-electron chi connectivity index (χ3n) is 1.63. The summed E-state index contributed by atoms with van der Waals surface area (Å²) in [5.41, 5.74) is -0.707. The lowest BCUT2D eigenvalue weighted by molar-refractivity contribution is 0.567. The van der Waals surface area contributed by atoms with E-state index in [2.05, 4.69) is 20.7 Å². The highest BCUT2D eigenvalue weighted by atomic mass is 79.9. The molecule has 2 N–H and O–H groups in total. The lowest BCUT2D eigenvalue weighted by Crippen LogP contribution is -2.35. The van der Waals surface area contributed by atoms with E-state index in [1.165, 1.54) is 0 Å². The highest BCUT2D eigenvalue weighted by Gasteiger charge is 2.18. The summed E-state index contributed by atoms with van der Waals surface area (Å²) in [6, 6.07) is 1.56. The second kappa shape index (κ2) is 5.28. The molecule has 0 radical (unpaired) electrons. The summed E-state index contributed by atoms with van der Waals surface area (Å²) in [6.07, 6.45) is 0. The maximum Gasteiger partial charge on any atom is 0.299 e. The molecule has 1 rings (SSSR count). The molecule has 0 saturated heterocycles. The molecule has 0 aliphatic carbocycles. The quantitative estimate of drug-likeness (QED) is 0.891. The van der Waals surface area contributed by atoms with Gasteiger partial charge in [0.2, 0.25) is 0 Å². The van der Waals surface area contributed by atoms with Gasteiger partial charge in [0, 0.05) is 10.5 Å². The summed E-state index contributed by atoms with van der Waals surface area (Å²) in [5.74, 6) is -1.99. The van der Waals surface area contributed by atoms with Gasteiger partial charge in [0.05, 0.1) is 0 Å². The third kappa shape index (κ3) is 4.21. The second-order valence-corrected chi connectivity index (χ2v) is 5.98. The predicted molar refractivity (Wildman–Crippen MR) is 64.9 cm³/mol. The Hall–Kier alpha value is -0.730. The number of hydrogen-bond acceptors (Lipinski definition) is 2. The molecule has 0 bridgehead atoms. The zero-order valence-electron chi connectivity index (χ0n) is 9.09. The first-order valence-corrected chi connectivity index (χ1v) is 6.93. The van der Waals surface area contributed by atoms with Gasteiger partial charge in [-0.3, -0.25) is 4.72 Å². The fourth-order valence-corrected chi connectivity index (χ4v) is 2.66. The van der Waals surface area contributed by atoms with Gasteiger partial charge in [-0.1, -0.05) is 15.9 Å². The molecule has 17 heavy (non-hydrogen) atoms. The van der Waals surface area contributed by atoms with Crippen LogP contribution >= 0.6 is 15.9 Å². The van der Waals surface area contributed by atoms with E-state index in [0.29, 0.717) is 0 Å². The molecule has 96 valence electrons. The molecule has 0 saturated carbocycles. The average Bonchev–Trinajstić information content (AvgIpc) is 2.09. The zero-order valence-corrected chi connectivity index (χ0v) is 11.5. The van der Waals surface area contributed by atoms with Crippen LogP contribution in [0.5, 0.6) is 0 Å². The molecule has 0 aliphatic rings. The van der Waals surface area contributed by atoms with Gasteiger partial charge in [-0.15, -0.1) is 0 Å². The van der Waals surface area contributed by atoms with Gasteiger partial charge in [-0.05, 0) is 26.0 Å². The molecule has 1 aromatic carbocycles. The minimum Gasteiger partial charge on any atom is -0.265 e. The monoisotopic (exact) mass is 328 g/mol. The van der Waals surface area contributed by atoms with Crippen molar-refractivity contribution in [3.63, 3.8) is 0 Å². The van der Waals surface area contributed by atoms with Crippen LogP contribution in [0.2, 0.25) is 0 Å². The maximum absolute atomic E-state index is 13.4. The van der Waals surface area contributed by atoms with Crippen LogP contribution in [0.4, 0.5) is 14.5 Å². The van der Waals surface area contributed by atoms with E-state index in [4.69, 9.17) is 0 Å². The number of anilines is 1. The van der Waals surface area contributed by atoms with Crippen molar-refractivity contribution in [1.29, 1.82) is 0 Å².